The summed E-state index contributed by atoms with van der Waals surface area (Å²) >= 11 is 0. The first-order chi connectivity index (χ1) is 12.4. The number of aryl methyl sites for hydroxylation is 2. The Labute approximate surface area is 153 Å². The van der Waals surface area contributed by atoms with Gasteiger partial charge in [0.2, 0.25) is 15.9 Å². The lowest BCUT2D eigenvalue weighted by atomic mass is 9.92. The number of hydrogen-bond donors (Lipinski definition) is 2. The molecule has 0 unspecified atom stereocenters. The molecule has 1 fully saturated rings. The molecule has 0 radical (unpaired) electrons. The fourth-order valence-electron chi connectivity index (χ4n) is 3.72. The smallest absolute Gasteiger partial charge is 0.326 e. The Morgan fingerprint density at radius 3 is 2.62 bits per heavy atom. The van der Waals surface area contributed by atoms with Crippen LogP contribution in [-0.4, -0.2) is 49.4 Å². The summed E-state index contributed by atoms with van der Waals surface area (Å²) in [5.74, 6) is -1.34. The lowest BCUT2D eigenvalue weighted by molar-refractivity contribution is -0.148. The average Bonchev–Trinajstić information content (AvgIpc) is 3.11. The minimum atomic E-state index is -3.68. The van der Waals surface area contributed by atoms with Crippen LogP contribution < -0.4 is 4.72 Å². The van der Waals surface area contributed by atoms with Crippen molar-refractivity contribution in [2.45, 2.75) is 55.9 Å². The van der Waals surface area contributed by atoms with E-state index in [9.17, 15) is 18.0 Å². The highest BCUT2D eigenvalue weighted by atomic mass is 32.2. The van der Waals surface area contributed by atoms with Crippen LogP contribution in [0.5, 0.6) is 0 Å². The van der Waals surface area contributed by atoms with Crippen LogP contribution in [0.2, 0.25) is 0 Å². The normalized spacial score (nSPS) is 20.0. The zero-order valence-corrected chi connectivity index (χ0v) is 15.4. The molecule has 1 saturated heterocycles. The Kier molecular flexibility index (Phi) is 5.62. The summed E-state index contributed by atoms with van der Waals surface area (Å²) in [5, 5.41) is 9.13. The first-order valence-corrected chi connectivity index (χ1v) is 10.5. The second-order valence-corrected chi connectivity index (χ2v) is 8.64. The third-order valence-corrected chi connectivity index (χ3v) is 6.58. The maximum absolute atomic E-state index is 12.5. The summed E-state index contributed by atoms with van der Waals surface area (Å²) < 4.78 is 27.4. The summed E-state index contributed by atoms with van der Waals surface area (Å²) in [5.41, 5.74) is 2.29. The predicted molar refractivity (Wildman–Crippen MR) is 95.3 cm³/mol. The molecule has 0 spiro atoms. The van der Waals surface area contributed by atoms with E-state index in [4.69, 9.17) is 5.11 Å². The molecule has 1 aliphatic heterocycles. The monoisotopic (exact) mass is 380 g/mol. The van der Waals surface area contributed by atoms with Gasteiger partial charge in [-0.3, -0.25) is 4.79 Å². The van der Waals surface area contributed by atoms with E-state index in [-0.39, 0.29) is 23.8 Å². The van der Waals surface area contributed by atoms with E-state index in [2.05, 4.69) is 4.72 Å². The van der Waals surface area contributed by atoms with Gasteiger partial charge >= 0.3 is 5.97 Å². The van der Waals surface area contributed by atoms with Crippen molar-refractivity contribution in [2.75, 3.05) is 13.1 Å². The number of hydrogen-bond acceptors (Lipinski definition) is 4. The number of carboxylic acids is 1. The highest BCUT2D eigenvalue weighted by molar-refractivity contribution is 7.89. The highest BCUT2D eigenvalue weighted by Gasteiger charge is 2.33. The molecule has 2 aliphatic rings. The highest BCUT2D eigenvalue weighted by Crippen LogP contribution is 2.24. The Morgan fingerprint density at radius 2 is 1.88 bits per heavy atom. The van der Waals surface area contributed by atoms with Gasteiger partial charge in [-0.15, -0.1) is 0 Å². The molecule has 142 valence electrons. The number of nitrogens with zero attached hydrogens (tertiary/aromatic N) is 1. The molecule has 0 aromatic heterocycles. The number of carbonyl (C=O) groups is 2. The fourth-order valence-corrected chi connectivity index (χ4v) is 4.80. The van der Waals surface area contributed by atoms with Crippen LogP contribution in [0, 0.1) is 0 Å². The molecule has 8 heteroatoms. The van der Waals surface area contributed by atoms with Crippen molar-refractivity contribution < 1.29 is 23.1 Å². The van der Waals surface area contributed by atoms with Gasteiger partial charge in [0.15, 0.2) is 0 Å². The van der Waals surface area contributed by atoms with E-state index < -0.39 is 22.0 Å². The fraction of sp³-hybridized carbons (Fsp3) is 0.556. The summed E-state index contributed by atoms with van der Waals surface area (Å²) in [6, 6.07) is 4.41. The number of benzene rings is 1. The molecule has 1 aromatic carbocycles. The van der Waals surface area contributed by atoms with Gasteiger partial charge in [0.05, 0.1) is 4.90 Å². The Morgan fingerprint density at radius 1 is 1.15 bits per heavy atom. The van der Waals surface area contributed by atoms with Crippen molar-refractivity contribution in [3.8, 4) is 0 Å². The third-order valence-electron chi connectivity index (χ3n) is 5.12. The van der Waals surface area contributed by atoms with Crippen LogP contribution in [0.1, 0.15) is 43.2 Å². The molecule has 1 heterocycles. The second-order valence-electron chi connectivity index (χ2n) is 6.87. The lowest BCUT2D eigenvalue weighted by Gasteiger charge is -2.21. The van der Waals surface area contributed by atoms with Crippen molar-refractivity contribution in [3.05, 3.63) is 29.3 Å². The number of nitrogens with one attached hydrogen (secondary N) is 1. The molecule has 2 N–H and O–H groups in total. The molecular formula is C18H24N2O5S. The number of carbonyl (C=O) groups excluding carboxylic acids is 1. The first-order valence-electron chi connectivity index (χ1n) is 9.02. The number of sulfonamides is 1. The van der Waals surface area contributed by atoms with Crippen LogP contribution in [0.15, 0.2) is 23.1 Å². The minimum absolute atomic E-state index is 0.0406. The topological polar surface area (TPSA) is 104 Å². The van der Waals surface area contributed by atoms with Gasteiger partial charge < -0.3 is 10.0 Å². The molecular weight excluding hydrogens is 356 g/mol. The van der Waals surface area contributed by atoms with Crippen LogP contribution in [0.25, 0.3) is 0 Å². The molecule has 0 bridgehead atoms. The Balaban J connectivity index is 1.58. The number of likely N-dealkylation sites (tertiary alicyclic amines) is 1. The zero-order valence-electron chi connectivity index (χ0n) is 14.6. The van der Waals surface area contributed by atoms with Gasteiger partial charge in [-0.05, 0) is 61.8 Å². The molecule has 7 nitrogen and oxygen atoms in total. The molecule has 3 rings (SSSR count). The van der Waals surface area contributed by atoms with Crippen molar-refractivity contribution in [3.63, 3.8) is 0 Å². The van der Waals surface area contributed by atoms with E-state index in [1.807, 2.05) is 6.07 Å². The number of amides is 1. The predicted octanol–water partition coefficient (Wildman–Crippen LogP) is 1.31. The number of carboxylic acid groups (broad SMARTS) is 1. The zero-order chi connectivity index (χ0) is 18.7. The van der Waals surface area contributed by atoms with Gasteiger partial charge in [0.25, 0.3) is 0 Å². The van der Waals surface area contributed by atoms with Gasteiger partial charge in [-0.1, -0.05) is 6.07 Å². The quantitative estimate of drug-likeness (QED) is 0.774. The summed E-state index contributed by atoms with van der Waals surface area (Å²) in [4.78, 5) is 24.9. The number of aliphatic carboxylic acids is 1. The lowest BCUT2D eigenvalue weighted by Crippen LogP contribution is -2.41. The molecule has 1 atom stereocenters. The van der Waals surface area contributed by atoms with E-state index in [0.29, 0.717) is 19.4 Å². The maximum Gasteiger partial charge on any atom is 0.326 e. The van der Waals surface area contributed by atoms with E-state index in [0.717, 1.165) is 31.2 Å². The number of rotatable bonds is 6. The van der Waals surface area contributed by atoms with Gasteiger partial charge in [-0.25, -0.2) is 17.9 Å². The first kappa shape index (κ1) is 18.8. The van der Waals surface area contributed by atoms with Gasteiger partial charge in [0, 0.05) is 19.5 Å². The van der Waals surface area contributed by atoms with Crippen molar-refractivity contribution >= 4 is 21.9 Å². The van der Waals surface area contributed by atoms with Crippen molar-refractivity contribution in [2.24, 2.45) is 0 Å². The van der Waals surface area contributed by atoms with E-state index in [1.165, 1.54) is 10.5 Å². The number of fused-ring (bicyclic) bond motifs is 1. The Hall–Kier alpha value is -1.93. The second kappa shape index (κ2) is 7.75. The van der Waals surface area contributed by atoms with Crippen molar-refractivity contribution in [1.82, 2.24) is 9.62 Å². The van der Waals surface area contributed by atoms with Crippen LogP contribution >= 0.6 is 0 Å². The molecule has 26 heavy (non-hydrogen) atoms. The average molecular weight is 380 g/mol. The molecule has 1 aliphatic carbocycles. The molecule has 1 aromatic rings. The summed E-state index contributed by atoms with van der Waals surface area (Å²) in [6.45, 7) is 0.370. The van der Waals surface area contributed by atoms with Crippen molar-refractivity contribution in [1.29, 1.82) is 0 Å². The Bertz CT molecular complexity index is 806. The van der Waals surface area contributed by atoms with Gasteiger partial charge in [0.1, 0.15) is 6.04 Å². The SMILES string of the molecule is O=C(O)[C@H]1CCCN1C(=O)CCNS(=O)(=O)c1ccc2c(c1)CCCC2. The minimum Gasteiger partial charge on any atom is -0.480 e. The van der Waals surface area contributed by atoms with Gasteiger partial charge in [-0.2, -0.15) is 0 Å². The summed E-state index contributed by atoms with van der Waals surface area (Å²) in [7, 11) is -3.68. The summed E-state index contributed by atoms with van der Waals surface area (Å²) in [6.07, 6.45) is 5.13. The maximum atomic E-state index is 12.5. The van der Waals surface area contributed by atoms with E-state index in [1.54, 1.807) is 12.1 Å². The third kappa shape index (κ3) is 4.07. The molecule has 1 amide bonds. The van der Waals surface area contributed by atoms with E-state index >= 15 is 0 Å². The molecule has 0 saturated carbocycles. The van der Waals surface area contributed by atoms with Crippen LogP contribution in [0.4, 0.5) is 0 Å². The van der Waals surface area contributed by atoms with Crippen LogP contribution in [0.3, 0.4) is 0 Å². The standard InChI is InChI=1S/C18H24N2O5S/c21-17(20-11-3-6-16(20)18(22)23)9-10-19-26(24,25)15-8-7-13-4-1-2-5-14(13)12-15/h7-8,12,16,19H,1-6,9-11H2,(H,22,23)/t16-/m1/s1. The van der Waals surface area contributed by atoms with Crippen LogP contribution in [-0.2, 0) is 32.5 Å². The largest absolute Gasteiger partial charge is 0.480 e.